The maximum absolute atomic E-state index is 11.4. The predicted molar refractivity (Wildman–Crippen MR) is 189 cm³/mol. The fourth-order valence-electron chi connectivity index (χ4n) is 5.80. The number of methoxy groups -OCH3 is 1. The Labute approximate surface area is 285 Å². The van der Waals surface area contributed by atoms with Gasteiger partial charge in [-0.3, -0.25) is 14.9 Å². The topological polar surface area (TPSA) is 156 Å². The zero-order valence-electron chi connectivity index (χ0n) is 26.7. The summed E-state index contributed by atoms with van der Waals surface area (Å²) in [6, 6.07) is 24.8. The number of aliphatic carboxylic acids is 1. The zero-order valence-corrected chi connectivity index (χ0v) is 27.4. The van der Waals surface area contributed by atoms with E-state index in [1.807, 2.05) is 54.6 Å². The quantitative estimate of drug-likeness (QED) is 0.0804. The minimum Gasteiger partial charge on any atom is -0.496 e. The summed E-state index contributed by atoms with van der Waals surface area (Å²) < 4.78 is 5.55. The van der Waals surface area contributed by atoms with Gasteiger partial charge in [0.25, 0.3) is 0 Å². The van der Waals surface area contributed by atoms with Gasteiger partial charge in [-0.25, -0.2) is 0 Å². The summed E-state index contributed by atoms with van der Waals surface area (Å²) in [5, 5.41) is 40.0. The van der Waals surface area contributed by atoms with Crippen molar-refractivity contribution in [2.24, 2.45) is 0 Å². The van der Waals surface area contributed by atoms with E-state index in [0.29, 0.717) is 35.8 Å². The number of benzene rings is 4. The molecule has 0 radical (unpaired) electrons. The molecule has 1 aliphatic heterocycles. The molecular formula is C37H40ClN5O5. The lowest BCUT2D eigenvalue weighted by atomic mass is 9.94. The third kappa shape index (κ3) is 8.39. The number of carbonyl (C=O) groups excluding carboxylic acids is 1. The molecule has 0 aliphatic carbocycles. The Morgan fingerprint density at radius 2 is 1.75 bits per heavy atom. The molecule has 1 heterocycles. The summed E-state index contributed by atoms with van der Waals surface area (Å²) in [7, 11) is 1.55. The smallest absolute Gasteiger partial charge is 0.323 e. The van der Waals surface area contributed by atoms with Crippen molar-refractivity contribution < 1.29 is 24.5 Å². The molecule has 1 saturated heterocycles. The molecule has 0 bridgehead atoms. The summed E-state index contributed by atoms with van der Waals surface area (Å²) in [5.41, 5.74) is 7.84. The van der Waals surface area contributed by atoms with Gasteiger partial charge in [0.15, 0.2) is 0 Å². The number of anilines is 1. The van der Waals surface area contributed by atoms with Crippen LogP contribution in [0.1, 0.15) is 35.1 Å². The van der Waals surface area contributed by atoms with Gasteiger partial charge in [0.05, 0.1) is 18.7 Å². The van der Waals surface area contributed by atoms with E-state index in [1.165, 1.54) is 6.21 Å². The lowest BCUT2D eigenvalue weighted by molar-refractivity contribution is -0.140. The average Bonchev–Trinajstić information content (AvgIpc) is 3.52. The van der Waals surface area contributed by atoms with Crippen LogP contribution in [-0.4, -0.2) is 60.6 Å². The van der Waals surface area contributed by atoms with Crippen molar-refractivity contribution in [3.05, 3.63) is 106 Å². The molecule has 250 valence electrons. The molecule has 1 fully saturated rings. The first kappa shape index (κ1) is 34.6. The first-order valence-corrected chi connectivity index (χ1v) is 16.2. The van der Waals surface area contributed by atoms with Gasteiger partial charge in [-0.1, -0.05) is 78.3 Å². The predicted octanol–water partition coefficient (Wildman–Crippen LogP) is 5.20. The van der Waals surface area contributed by atoms with Crippen LogP contribution in [0.15, 0.2) is 78.9 Å². The molecule has 4 aromatic rings. The van der Waals surface area contributed by atoms with Crippen molar-refractivity contribution in [3.8, 4) is 28.0 Å². The Morgan fingerprint density at radius 1 is 1.02 bits per heavy atom. The summed E-state index contributed by atoms with van der Waals surface area (Å²) in [6.45, 7) is 1.60. The van der Waals surface area contributed by atoms with Gasteiger partial charge < -0.3 is 36.3 Å². The number of rotatable bonds is 16. The lowest BCUT2D eigenvalue weighted by Crippen LogP contribution is -2.39. The van der Waals surface area contributed by atoms with E-state index in [4.69, 9.17) is 21.7 Å². The molecule has 2 unspecified atom stereocenters. The van der Waals surface area contributed by atoms with Gasteiger partial charge in [0, 0.05) is 72.8 Å². The Hall–Kier alpha value is -4.74. The van der Waals surface area contributed by atoms with Gasteiger partial charge in [0.2, 0.25) is 5.91 Å². The van der Waals surface area contributed by atoms with Gasteiger partial charge >= 0.3 is 5.97 Å². The molecule has 0 aromatic heterocycles. The molecule has 11 heteroatoms. The lowest BCUT2D eigenvalue weighted by Gasteiger charge is -2.17. The number of aliphatic hydroxyl groups excluding tert-OH is 1. The molecule has 4 aromatic carbocycles. The standard InChI is InChI=1S/C37H40ClN5O5/c1-48-34-16-24(10-13-26(34)20-42-33(22-44)37(46)47)19-41-32-7-3-5-29(31(32)17-39)30-6-2-4-28(36(30)38)25-11-8-23(9-12-25)18-40-21-27-14-15-35(45)43-27/h2-13,16-17,27,33,39-42,44H,14-15,18-22H2,1H3,(H,43,45)(H,46,47). The van der Waals surface area contributed by atoms with Gasteiger partial charge in [-0.15, -0.1) is 0 Å². The zero-order chi connectivity index (χ0) is 34.0. The first-order valence-electron chi connectivity index (χ1n) is 15.8. The minimum atomic E-state index is -1.12. The third-order valence-corrected chi connectivity index (χ3v) is 8.87. The van der Waals surface area contributed by atoms with Crippen molar-refractivity contribution in [1.82, 2.24) is 16.0 Å². The number of ether oxygens (including phenoxy) is 1. The van der Waals surface area contributed by atoms with Gasteiger partial charge in [-0.2, -0.15) is 0 Å². The van der Waals surface area contributed by atoms with E-state index < -0.39 is 18.6 Å². The number of aliphatic hydroxyl groups is 1. The van der Waals surface area contributed by atoms with Crippen molar-refractivity contribution in [1.29, 1.82) is 5.41 Å². The van der Waals surface area contributed by atoms with Crippen molar-refractivity contribution in [3.63, 3.8) is 0 Å². The summed E-state index contributed by atoms with van der Waals surface area (Å²) in [6.07, 6.45) is 2.79. The molecule has 7 N–H and O–H groups in total. The van der Waals surface area contributed by atoms with Crippen LogP contribution >= 0.6 is 11.6 Å². The monoisotopic (exact) mass is 669 g/mol. The maximum atomic E-state index is 11.4. The van der Waals surface area contributed by atoms with Crippen LogP contribution in [0.2, 0.25) is 5.02 Å². The Bertz CT molecular complexity index is 1760. The number of carboxylic acids is 1. The minimum absolute atomic E-state index is 0.119. The highest BCUT2D eigenvalue weighted by Gasteiger charge is 2.20. The van der Waals surface area contributed by atoms with Crippen LogP contribution < -0.4 is 26.0 Å². The molecule has 1 aliphatic rings. The second-order valence-corrected chi connectivity index (χ2v) is 12.0. The number of hydrogen-bond donors (Lipinski definition) is 7. The van der Waals surface area contributed by atoms with E-state index in [-0.39, 0.29) is 18.5 Å². The summed E-state index contributed by atoms with van der Waals surface area (Å²) in [5.74, 6) is -0.410. The molecule has 0 saturated carbocycles. The molecule has 1 amide bonds. The van der Waals surface area contributed by atoms with Crippen LogP contribution in [0.5, 0.6) is 5.75 Å². The van der Waals surface area contributed by atoms with E-state index >= 15 is 0 Å². The number of halogens is 1. The second-order valence-electron chi connectivity index (χ2n) is 11.7. The number of amides is 1. The average molecular weight is 670 g/mol. The Balaban J connectivity index is 1.28. The van der Waals surface area contributed by atoms with E-state index in [1.54, 1.807) is 7.11 Å². The van der Waals surface area contributed by atoms with Crippen LogP contribution in [0.3, 0.4) is 0 Å². The maximum Gasteiger partial charge on any atom is 0.323 e. The highest BCUT2D eigenvalue weighted by atomic mass is 35.5. The summed E-state index contributed by atoms with van der Waals surface area (Å²) >= 11 is 7.05. The number of nitrogens with one attached hydrogen (secondary N) is 5. The van der Waals surface area contributed by atoms with Crippen molar-refractivity contribution in [2.45, 2.75) is 44.6 Å². The highest BCUT2D eigenvalue weighted by Crippen LogP contribution is 2.39. The fourth-order valence-corrected chi connectivity index (χ4v) is 6.14. The van der Waals surface area contributed by atoms with Crippen LogP contribution in [0.25, 0.3) is 22.3 Å². The second kappa shape index (κ2) is 16.4. The fraction of sp³-hybridized carbons (Fsp3) is 0.270. The molecule has 5 rings (SSSR count). The van der Waals surface area contributed by atoms with Crippen molar-refractivity contribution >= 4 is 35.4 Å². The van der Waals surface area contributed by atoms with E-state index in [2.05, 4.69) is 45.5 Å². The first-order chi connectivity index (χ1) is 23.3. The largest absolute Gasteiger partial charge is 0.496 e. The molecule has 0 spiro atoms. The van der Waals surface area contributed by atoms with E-state index in [0.717, 1.165) is 57.6 Å². The van der Waals surface area contributed by atoms with Crippen LogP contribution in [0, 0.1) is 5.41 Å². The number of hydrogen-bond acceptors (Lipinski definition) is 8. The molecule has 48 heavy (non-hydrogen) atoms. The molecular weight excluding hydrogens is 630 g/mol. The third-order valence-electron chi connectivity index (χ3n) is 8.46. The molecule has 2 atom stereocenters. The van der Waals surface area contributed by atoms with Gasteiger partial charge in [-0.05, 0) is 40.8 Å². The Kier molecular flexibility index (Phi) is 11.8. The van der Waals surface area contributed by atoms with E-state index in [9.17, 15) is 19.8 Å². The molecule has 10 nitrogen and oxygen atoms in total. The van der Waals surface area contributed by atoms with Crippen molar-refractivity contribution in [2.75, 3.05) is 25.6 Å². The normalized spacial score (nSPS) is 14.7. The summed E-state index contributed by atoms with van der Waals surface area (Å²) in [4.78, 5) is 22.7. The SMILES string of the molecule is COc1cc(CNc2cccc(-c3cccc(-c4ccc(CNCC5CCC(=O)N5)cc4)c3Cl)c2C=N)ccc1CNC(CO)C(=O)O. The van der Waals surface area contributed by atoms with Crippen LogP contribution in [-0.2, 0) is 29.2 Å². The Morgan fingerprint density at radius 3 is 2.44 bits per heavy atom. The van der Waals surface area contributed by atoms with Crippen LogP contribution in [0.4, 0.5) is 5.69 Å². The number of carboxylic acid groups (broad SMARTS) is 1. The van der Waals surface area contributed by atoms with Gasteiger partial charge in [0.1, 0.15) is 11.8 Å². The highest BCUT2D eigenvalue weighted by molar-refractivity contribution is 6.36. The number of carbonyl (C=O) groups is 2.